The molecule has 6 heteroatoms. The Morgan fingerprint density at radius 1 is 0.958 bits per heavy atom. The second-order valence-corrected chi connectivity index (χ2v) is 6.68. The van der Waals surface area contributed by atoms with E-state index in [4.69, 9.17) is 0 Å². The third kappa shape index (κ3) is 3.94. The molecular formula is C18H25N3O3. The third-order valence-corrected chi connectivity index (χ3v) is 4.79. The molecule has 1 N–H and O–H groups in total. The highest BCUT2D eigenvalue weighted by molar-refractivity contribution is 6.01. The second-order valence-electron chi connectivity index (χ2n) is 6.68. The lowest BCUT2D eigenvalue weighted by molar-refractivity contribution is -0.140. The first-order chi connectivity index (χ1) is 11.5. The maximum Gasteiger partial charge on any atom is 0.229 e. The van der Waals surface area contributed by atoms with E-state index < -0.39 is 6.10 Å². The smallest absolute Gasteiger partial charge is 0.229 e. The summed E-state index contributed by atoms with van der Waals surface area (Å²) in [5.74, 6) is -0.327. The number of imide groups is 1. The zero-order valence-electron chi connectivity index (χ0n) is 14.1. The van der Waals surface area contributed by atoms with Gasteiger partial charge in [-0.2, -0.15) is 0 Å². The van der Waals surface area contributed by atoms with Gasteiger partial charge in [-0.05, 0) is 19.1 Å². The monoisotopic (exact) mass is 331 g/mol. The van der Waals surface area contributed by atoms with Crippen molar-refractivity contribution in [3.63, 3.8) is 0 Å². The van der Waals surface area contributed by atoms with Crippen molar-refractivity contribution in [1.82, 2.24) is 9.80 Å². The molecule has 2 amide bonds. The van der Waals surface area contributed by atoms with Crippen molar-refractivity contribution in [3.05, 3.63) is 29.8 Å². The number of carbonyl (C=O) groups excluding carboxylic acids is 2. The van der Waals surface area contributed by atoms with E-state index in [1.807, 2.05) is 0 Å². The summed E-state index contributed by atoms with van der Waals surface area (Å²) in [7, 11) is 0. The number of hydrogen-bond donors (Lipinski definition) is 1. The number of rotatable bonds is 5. The van der Waals surface area contributed by atoms with Gasteiger partial charge in [0.15, 0.2) is 0 Å². The van der Waals surface area contributed by atoms with Crippen LogP contribution in [0.1, 0.15) is 18.4 Å². The maximum atomic E-state index is 11.6. The molecule has 1 aromatic rings. The van der Waals surface area contributed by atoms with Gasteiger partial charge in [0.05, 0.1) is 12.6 Å². The number of aliphatic hydroxyl groups is 1. The van der Waals surface area contributed by atoms with Crippen LogP contribution in [0.5, 0.6) is 0 Å². The van der Waals surface area contributed by atoms with Crippen LogP contribution in [-0.4, -0.2) is 72.1 Å². The number of hydrogen-bond acceptors (Lipinski definition) is 5. The predicted molar refractivity (Wildman–Crippen MR) is 91.8 cm³/mol. The van der Waals surface area contributed by atoms with Gasteiger partial charge < -0.3 is 10.0 Å². The number of piperazine rings is 1. The highest BCUT2D eigenvalue weighted by Crippen LogP contribution is 2.17. The van der Waals surface area contributed by atoms with Crippen LogP contribution in [-0.2, 0) is 9.59 Å². The van der Waals surface area contributed by atoms with E-state index in [2.05, 4.69) is 41.0 Å². The second kappa shape index (κ2) is 7.32. The quantitative estimate of drug-likeness (QED) is 0.802. The molecule has 2 fully saturated rings. The molecule has 3 rings (SSSR count). The van der Waals surface area contributed by atoms with Crippen LogP contribution < -0.4 is 4.90 Å². The van der Waals surface area contributed by atoms with Gasteiger partial charge in [0.2, 0.25) is 11.8 Å². The van der Waals surface area contributed by atoms with Crippen molar-refractivity contribution in [1.29, 1.82) is 0 Å². The SMILES string of the molecule is Cc1ccc(N2CCN(CC(O)CN3C(=O)CCC3=O)CC2)cc1. The van der Waals surface area contributed by atoms with Crippen LogP contribution in [0.25, 0.3) is 0 Å². The van der Waals surface area contributed by atoms with Crippen LogP contribution in [0, 0.1) is 6.92 Å². The Morgan fingerprint density at radius 3 is 2.12 bits per heavy atom. The van der Waals surface area contributed by atoms with Crippen molar-refractivity contribution in [3.8, 4) is 0 Å². The first-order valence-electron chi connectivity index (χ1n) is 8.58. The predicted octanol–water partition coefficient (Wildman–Crippen LogP) is 0.627. The fraction of sp³-hybridized carbons (Fsp3) is 0.556. The molecule has 0 aromatic heterocycles. The highest BCUT2D eigenvalue weighted by Gasteiger charge is 2.31. The molecule has 0 saturated carbocycles. The summed E-state index contributed by atoms with van der Waals surface area (Å²) in [5, 5.41) is 10.2. The number of aliphatic hydroxyl groups excluding tert-OH is 1. The molecular weight excluding hydrogens is 306 g/mol. The van der Waals surface area contributed by atoms with Gasteiger partial charge in [-0.1, -0.05) is 17.7 Å². The molecule has 130 valence electrons. The summed E-state index contributed by atoms with van der Waals surface area (Å²) in [6.07, 6.45) is -0.122. The van der Waals surface area contributed by atoms with Gasteiger partial charge in [0.1, 0.15) is 0 Å². The topological polar surface area (TPSA) is 64.1 Å². The Balaban J connectivity index is 1.45. The van der Waals surface area contributed by atoms with Crippen molar-refractivity contribution in [2.75, 3.05) is 44.2 Å². The lowest BCUT2D eigenvalue weighted by atomic mass is 10.2. The maximum absolute atomic E-state index is 11.6. The number of nitrogens with zero attached hydrogens (tertiary/aromatic N) is 3. The van der Waals surface area contributed by atoms with E-state index in [0.717, 1.165) is 26.2 Å². The molecule has 0 spiro atoms. The highest BCUT2D eigenvalue weighted by atomic mass is 16.3. The number of β-amino-alcohol motifs (C(OH)–C–C–N with tert-alkyl or cyclic N) is 1. The van der Waals surface area contributed by atoms with Gasteiger partial charge in [-0.25, -0.2) is 0 Å². The van der Waals surface area contributed by atoms with Gasteiger partial charge in [-0.3, -0.25) is 19.4 Å². The molecule has 2 aliphatic rings. The fourth-order valence-corrected chi connectivity index (χ4v) is 3.34. The molecule has 2 heterocycles. The minimum Gasteiger partial charge on any atom is -0.390 e. The lowest BCUT2D eigenvalue weighted by Crippen LogP contribution is -2.50. The van der Waals surface area contributed by atoms with Crippen LogP contribution in [0.4, 0.5) is 5.69 Å². The summed E-state index contributed by atoms with van der Waals surface area (Å²) in [6.45, 7) is 6.27. The van der Waals surface area contributed by atoms with Crippen molar-refractivity contribution >= 4 is 17.5 Å². The first-order valence-corrected chi connectivity index (χ1v) is 8.58. The zero-order valence-corrected chi connectivity index (χ0v) is 14.1. The van der Waals surface area contributed by atoms with Crippen LogP contribution in [0.15, 0.2) is 24.3 Å². The third-order valence-electron chi connectivity index (χ3n) is 4.79. The summed E-state index contributed by atoms with van der Waals surface area (Å²) < 4.78 is 0. The minimum absolute atomic E-state index is 0.121. The van der Waals surface area contributed by atoms with Gasteiger partial charge in [0.25, 0.3) is 0 Å². The Labute approximate surface area is 142 Å². The number of likely N-dealkylation sites (tertiary alicyclic amines) is 1. The Morgan fingerprint density at radius 2 is 1.54 bits per heavy atom. The molecule has 2 aliphatic heterocycles. The largest absolute Gasteiger partial charge is 0.390 e. The average molecular weight is 331 g/mol. The van der Waals surface area contributed by atoms with E-state index in [1.54, 1.807) is 0 Å². The minimum atomic E-state index is -0.679. The number of anilines is 1. The Kier molecular flexibility index (Phi) is 5.16. The number of benzene rings is 1. The number of carbonyl (C=O) groups is 2. The van der Waals surface area contributed by atoms with Crippen molar-refractivity contribution < 1.29 is 14.7 Å². The van der Waals surface area contributed by atoms with Crippen LogP contribution in [0.2, 0.25) is 0 Å². The molecule has 0 aliphatic carbocycles. The van der Waals surface area contributed by atoms with E-state index >= 15 is 0 Å². The molecule has 1 atom stereocenters. The number of amides is 2. The zero-order chi connectivity index (χ0) is 17.1. The standard InChI is InChI=1S/C18H25N3O3/c1-14-2-4-15(5-3-14)20-10-8-19(9-11-20)12-16(22)13-21-17(23)6-7-18(21)24/h2-5,16,22H,6-13H2,1H3. The van der Waals surface area contributed by atoms with Crippen LogP contribution >= 0.6 is 0 Å². The van der Waals surface area contributed by atoms with Gasteiger partial charge >= 0.3 is 0 Å². The summed E-state index contributed by atoms with van der Waals surface area (Å²) in [6, 6.07) is 8.53. The molecule has 0 radical (unpaired) electrons. The van der Waals surface area contributed by atoms with Crippen LogP contribution in [0.3, 0.4) is 0 Å². The summed E-state index contributed by atoms with van der Waals surface area (Å²) in [5.41, 5.74) is 2.49. The summed E-state index contributed by atoms with van der Waals surface area (Å²) >= 11 is 0. The summed E-state index contributed by atoms with van der Waals surface area (Å²) in [4.78, 5) is 29.0. The van der Waals surface area contributed by atoms with E-state index in [-0.39, 0.29) is 31.2 Å². The van der Waals surface area contributed by atoms with E-state index in [9.17, 15) is 14.7 Å². The van der Waals surface area contributed by atoms with E-state index in [0.29, 0.717) is 6.54 Å². The molecule has 1 unspecified atom stereocenters. The van der Waals surface area contributed by atoms with E-state index in [1.165, 1.54) is 16.2 Å². The molecule has 24 heavy (non-hydrogen) atoms. The van der Waals surface area contributed by atoms with Gasteiger partial charge in [-0.15, -0.1) is 0 Å². The molecule has 1 aromatic carbocycles. The van der Waals surface area contributed by atoms with Gasteiger partial charge in [0, 0.05) is 51.3 Å². The number of aryl methyl sites for hydroxylation is 1. The van der Waals surface area contributed by atoms with Crippen molar-refractivity contribution in [2.24, 2.45) is 0 Å². The first kappa shape index (κ1) is 16.9. The average Bonchev–Trinajstić information content (AvgIpc) is 2.88. The Bertz CT molecular complexity index is 578. The molecule has 0 bridgehead atoms. The Hall–Kier alpha value is -1.92. The molecule has 2 saturated heterocycles. The van der Waals surface area contributed by atoms with Crippen molar-refractivity contribution in [2.45, 2.75) is 25.9 Å². The molecule has 6 nitrogen and oxygen atoms in total. The fourth-order valence-electron chi connectivity index (χ4n) is 3.34. The normalized spacial score (nSPS) is 20.8. The lowest BCUT2D eigenvalue weighted by Gasteiger charge is -2.37.